The van der Waals surface area contributed by atoms with Crippen LogP contribution in [0.3, 0.4) is 0 Å². The summed E-state index contributed by atoms with van der Waals surface area (Å²) in [6.45, 7) is 8.00. The van der Waals surface area contributed by atoms with Crippen molar-refractivity contribution in [1.29, 1.82) is 0 Å². The van der Waals surface area contributed by atoms with Gasteiger partial charge in [0.15, 0.2) is 0 Å². The Hall–Kier alpha value is -0.610. The van der Waals surface area contributed by atoms with Crippen LogP contribution in [0.1, 0.15) is 33.6 Å². The van der Waals surface area contributed by atoms with Gasteiger partial charge < -0.3 is 15.5 Å². The minimum absolute atomic E-state index is 0.0790. The Morgan fingerprint density at radius 3 is 2.50 bits per heavy atom. The smallest absolute Gasteiger partial charge is 0.239 e. The van der Waals surface area contributed by atoms with E-state index in [1.165, 1.54) is 0 Å². The Labute approximate surface area is 98.8 Å². The van der Waals surface area contributed by atoms with Crippen LogP contribution in [-0.4, -0.2) is 54.0 Å². The van der Waals surface area contributed by atoms with Crippen LogP contribution in [0.15, 0.2) is 0 Å². The summed E-state index contributed by atoms with van der Waals surface area (Å²) in [6.07, 6.45) is 2.26. The van der Waals surface area contributed by atoms with Gasteiger partial charge in [0, 0.05) is 18.6 Å². The van der Waals surface area contributed by atoms with E-state index in [2.05, 4.69) is 25.8 Å². The third-order valence-electron chi connectivity index (χ3n) is 3.19. The first kappa shape index (κ1) is 13.5. The van der Waals surface area contributed by atoms with Crippen LogP contribution in [-0.2, 0) is 4.79 Å². The van der Waals surface area contributed by atoms with Crippen molar-refractivity contribution < 1.29 is 4.79 Å². The third kappa shape index (κ3) is 3.19. The summed E-state index contributed by atoms with van der Waals surface area (Å²) in [5.74, 6) is 0.0790. The Morgan fingerprint density at radius 1 is 1.44 bits per heavy atom. The molecular weight excluding hydrogens is 202 g/mol. The van der Waals surface area contributed by atoms with Crippen LogP contribution < -0.4 is 5.73 Å². The molecular formula is C12H25N3O. The molecule has 4 heteroatoms. The summed E-state index contributed by atoms with van der Waals surface area (Å²) in [4.78, 5) is 16.3. The summed E-state index contributed by atoms with van der Waals surface area (Å²) < 4.78 is 0. The molecule has 1 unspecified atom stereocenters. The van der Waals surface area contributed by atoms with E-state index in [4.69, 9.17) is 5.73 Å². The quantitative estimate of drug-likeness (QED) is 0.771. The SMILES string of the molecule is CC(C)N(C(=O)[C@H](C)N)C1CCCN(C)C1. The lowest BCUT2D eigenvalue weighted by Crippen LogP contribution is -2.55. The maximum atomic E-state index is 12.1. The van der Waals surface area contributed by atoms with Crippen molar-refractivity contribution in [3.05, 3.63) is 0 Å². The number of hydrogen-bond acceptors (Lipinski definition) is 3. The molecule has 1 fully saturated rings. The largest absolute Gasteiger partial charge is 0.335 e. The van der Waals surface area contributed by atoms with Crippen molar-refractivity contribution >= 4 is 5.91 Å². The summed E-state index contributed by atoms with van der Waals surface area (Å²) >= 11 is 0. The van der Waals surface area contributed by atoms with Crippen LogP contribution in [0.5, 0.6) is 0 Å². The number of carbonyl (C=O) groups is 1. The third-order valence-corrected chi connectivity index (χ3v) is 3.19. The summed E-state index contributed by atoms with van der Waals surface area (Å²) in [5.41, 5.74) is 5.71. The Balaban J connectivity index is 2.73. The first-order chi connectivity index (χ1) is 7.43. The normalized spacial score (nSPS) is 24.5. The number of piperidine rings is 1. The number of nitrogens with two attached hydrogens (primary N) is 1. The van der Waals surface area contributed by atoms with E-state index in [0.717, 1.165) is 25.9 Å². The summed E-state index contributed by atoms with van der Waals surface area (Å²) in [5, 5.41) is 0. The van der Waals surface area contributed by atoms with E-state index in [1.807, 2.05) is 4.90 Å². The molecule has 2 N–H and O–H groups in total. The fraction of sp³-hybridized carbons (Fsp3) is 0.917. The number of hydrogen-bond donors (Lipinski definition) is 1. The van der Waals surface area contributed by atoms with E-state index in [-0.39, 0.29) is 11.9 Å². The van der Waals surface area contributed by atoms with Crippen molar-refractivity contribution in [3.63, 3.8) is 0 Å². The molecule has 1 rings (SSSR count). The lowest BCUT2D eigenvalue weighted by molar-refractivity contribution is -0.137. The molecule has 1 aliphatic heterocycles. The molecule has 94 valence electrons. The molecule has 1 amide bonds. The van der Waals surface area contributed by atoms with Gasteiger partial charge in [0.05, 0.1) is 6.04 Å². The summed E-state index contributed by atoms with van der Waals surface area (Å²) in [7, 11) is 2.11. The monoisotopic (exact) mass is 227 g/mol. The molecule has 1 heterocycles. The molecule has 0 radical (unpaired) electrons. The first-order valence-electron chi connectivity index (χ1n) is 6.19. The maximum absolute atomic E-state index is 12.1. The predicted octanol–water partition coefficient (Wildman–Crippen LogP) is 0.665. The van der Waals surface area contributed by atoms with Gasteiger partial charge in [0.25, 0.3) is 0 Å². The van der Waals surface area contributed by atoms with E-state index < -0.39 is 6.04 Å². The van der Waals surface area contributed by atoms with Crippen molar-refractivity contribution in [2.75, 3.05) is 20.1 Å². The number of likely N-dealkylation sites (tertiary alicyclic amines) is 1. The van der Waals surface area contributed by atoms with E-state index >= 15 is 0 Å². The molecule has 0 bridgehead atoms. The van der Waals surface area contributed by atoms with Crippen LogP contribution in [0.2, 0.25) is 0 Å². The Kier molecular flexibility index (Phi) is 4.74. The lowest BCUT2D eigenvalue weighted by Gasteiger charge is -2.41. The van der Waals surface area contributed by atoms with Gasteiger partial charge in [-0.2, -0.15) is 0 Å². The van der Waals surface area contributed by atoms with Gasteiger partial charge in [-0.3, -0.25) is 4.79 Å². The highest BCUT2D eigenvalue weighted by atomic mass is 16.2. The average Bonchev–Trinajstić information content (AvgIpc) is 2.17. The molecule has 2 atom stereocenters. The second-order valence-corrected chi connectivity index (χ2v) is 5.19. The van der Waals surface area contributed by atoms with Crippen LogP contribution in [0, 0.1) is 0 Å². The molecule has 0 aromatic rings. The number of amides is 1. The molecule has 16 heavy (non-hydrogen) atoms. The highest BCUT2D eigenvalue weighted by Crippen LogP contribution is 2.18. The molecule has 1 aliphatic rings. The van der Waals surface area contributed by atoms with E-state index in [9.17, 15) is 4.79 Å². The topological polar surface area (TPSA) is 49.6 Å². The second kappa shape index (κ2) is 5.64. The van der Waals surface area contributed by atoms with Crippen molar-refractivity contribution in [2.45, 2.75) is 51.7 Å². The predicted molar refractivity (Wildman–Crippen MR) is 66.2 cm³/mol. The van der Waals surface area contributed by atoms with E-state index in [0.29, 0.717) is 6.04 Å². The fourth-order valence-corrected chi connectivity index (χ4v) is 2.46. The zero-order chi connectivity index (χ0) is 12.3. The molecule has 0 aromatic carbocycles. The number of rotatable bonds is 3. The van der Waals surface area contributed by atoms with Crippen molar-refractivity contribution in [2.24, 2.45) is 5.73 Å². The van der Waals surface area contributed by atoms with Gasteiger partial charge in [0.2, 0.25) is 5.91 Å². The van der Waals surface area contributed by atoms with Crippen molar-refractivity contribution in [1.82, 2.24) is 9.80 Å². The first-order valence-corrected chi connectivity index (χ1v) is 6.19. The van der Waals surface area contributed by atoms with E-state index in [1.54, 1.807) is 6.92 Å². The summed E-state index contributed by atoms with van der Waals surface area (Å²) in [6, 6.07) is 0.168. The Bertz CT molecular complexity index is 240. The minimum Gasteiger partial charge on any atom is -0.335 e. The highest BCUT2D eigenvalue weighted by Gasteiger charge is 2.30. The highest BCUT2D eigenvalue weighted by molar-refractivity contribution is 5.81. The number of carbonyl (C=O) groups excluding carboxylic acids is 1. The molecule has 4 nitrogen and oxygen atoms in total. The van der Waals surface area contributed by atoms with Crippen LogP contribution in [0.4, 0.5) is 0 Å². The van der Waals surface area contributed by atoms with Gasteiger partial charge in [0.1, 0.15) is 0 Å². The van der Waals surface area contributed by atoms with Gasteiger partial charge >= 0.3 is 0 Å². The Morgan fingerprint density at radius 2 is 2.06 bits per heavy atom. The van der Waals surface area contributed by atoms with Gasteiger partial charge in [-0.15, -0.1) is 0 Å². The zero-order valence-electron chi connectivity index (χ0n) is 10.9. The van der Waals surface area contributed by atoms with Gasteiger partial charge in [-0.25, -0.2) is 0 Å². The second-order valence-electron chi connectivity index (χ2n) is 5.19. The molecule has 0 aliphatic carbocycles. The lowest BCUT2D eigenvalue weighted by atomic mass is 10.0. The van der Waals surface area contributed by atoms with Crippen LogP contribution in [0.25, 0.3) is 0 Å². The standard InChI is InChI=1S/C12H25N3O/c1-9(2)15(12(16)10(3)13)11-6-5-7-14(4)8-11/h9-11H,5-8,13H2,1-4H3/t10-,11?/m0/s1. The zero-order valence-corrected chi connectivity index (χ0v) is 10.9. The van der Waals surface area contributed by atoms with Gasteiger partial charge in [-0.1, -0.05) is 0 Å². The molecule has 0 saturated carbocycles. The fourth-order valence-electron chi connectivity index (χ4n) is 2.46. The molecule has 1 saturated heterocycles. The molecule has 0 aromatic heterocycles. The van der Waals surface area contributed by atoms with Crippen LogP contribution >= 0.6 is 0 Å². The number of nitrogens with zero attached hydrogens (tertiary/aromatic N) is 2. The maximum Gasteiger partial charge on any atom is 0.239 e. The van der Waals surface area contributed by atoms with Crippen molar-refractivity contribution in [3.8, 4) is 0 Å². The average molecular weight is 227 g/mol. The van der Waals surface area contributed by atoms with Gasteiger partial charge in [-0.05, 0) is 47.2 Å². The number of likely N-dealkylation sites (N-methyl/N-ethyl adjacent to an activating group) is 1. The minimum atomic E-state index is -0.394. The molecule has 0 spiro atoms.